The first-order chi connectivity index (χ1) is 16.4. The number of amides is 2. The van der Waals surface area contributed by atoms with Crippen molar-refractivity contribution < 1.29 is 9.59 Å². The summed E-state index contributed by atoms with van der Waals surface area (Å²) in [6.45, 7) is 3.99. The molecule has 3 aromatic rings. The summed E-state index contributed by atoms with van der Waals surface area (Å²) in [5.74, 6) is -0.392. The summed E-state index contributed by atoms with van der Waals surface area (Å²) in [5.41, 5.74) is 1.50. The van der Waals surface area contributed by atoms with Gasteiger partial charge in [0, 0.05) is 16.8 Å². The van der Waals surface area contributed by atoms with E-state index in [1.165, 1.54) is 12.8 Å². The number of hydrogen-bond donors (Lipinski definition) is 1. The highest BCUT2D eigenvalue weighted by atomic mass is 35.5. The summed E-state index contributed by atoms with van der Waals surface area (Å²) in [5, 5.41) is 10.6. The van der Waals surface area contributed by atoms with E-state index in [1.807, 2.05) is 49.6 Å². The molecule has 1 aliphatic carbocycles. The van der Waals surface area contributed by atoms with Crippen LogP contribution in [-0.4, -0.2) is 33.2 Å². The lowest BCUT2D eigenvalue weighted by Gasteiger charge is -2.44. The summed E-state index contributed by atoms with van der Waals surface area (Å²) < 4.78 is 1.69. The fourth-order valence-corrected chi connectivity index (χ4v) is 5.96. The molecule has 34 heavy (non-hydrogen) atoms. The van der Waals surface area contributed by atoms with Crippen molar-refractivity contribution in [3.05, 3.63) is 58.1 Å². The standard InChI is InChI=1S/C26H29ClN4O2S/c1-17-19(27)11-7-12-21(17)31-24(32)22-15-20(23-13-8-14-34-23)29-30(22)16-26(31,2)25(33)28-18-9-5-3-4-6-10-18/h7-8,11-15,18H,3-6,9-10,16H2,1-2H3,(H,28,33)/t26-/m0/s1. The smallest absolute Gasteiger partial charge is 0.277 e. The monoisotopic (exact) mass is 496 g/mol. The third-order valence-electron chi connectivity index (χ3n) is 7.09. The highest BCUT2D eigenvalue weighted by Gasteiger charge is 2.49. The molecule has 0 unspecified atom stereocenters. The first kappa shape index (κ1) is 23.1. The molecule has 5 rings (SSSR count). The lowest BCUT2D eigenvalue weighted by molar-refractivity contribution is -0.127. The summed E-state index contributed by atoms with van der Waals surface area (Å²) in [7, 11) is 0. The molecular formula is C26H29ClN4O2S. The molecule has 8 heteroatoms. The Kier molecular flexibility index (Phi) is 6.25. The zero-order valence-corrected chi connectivity index (χ0v) is 21.1. The maximum atomic E-state index is 14.0. The van der Waals surface area contributed by atoms with E-state index < -0.39 is 5.54 Å². The molecule has 2 aromatic heterocycles. The average molecular weight is 497 g/mol. The molecule has 6 nitrogen and oxygen atoms in total. The van der Waals surface area contributed by atoms with E-state index in [-0.39, 0.29) is 24.4 Å². The molecule has 0 radical (unpaired) electrons. The molecule has 3 heterocycles. The van der Waals surface area contributed by atoms with E-state index in [0.29, 0.717) is 16.4 Å². The Bertz CT molecular complexity index is 1210. The number of aromatic nitrogens is 2. The Hall–Kier alpha value is -2.64. The molecule has 178 valence electrons. The fourth-order valence-electron chi connectivity index (χ4n) is 5.11. The van der Waals surface area contributed by atoms with Gasteiger partial charge in [-0.25, -0.2) is 0 Å². The number of carbonyl (C=O) groups is 2. The molecule has 1 saturated carbocycles. The van der Waals surface area contributed by atoms with Gasteiger partial charge in [0.15, 0.2) is 0 Å². The van der Waals surface area contributed by atoms with E-state index in [9.17, 15) is 9.59 Å². The molecule has 2 aliphatic rings. The maximum Gasteiger partial charge on any atom is 0.277 e. The van der Waals surface area contributed by atoms with Crippen LogP contribution in [0.4, 0.5) is 5.69 Å². The van der Waals surface area contributed by atoms with Crippen molar-refractivity contribution in [2.24, 2.45) is 0 Å². The van der Waals surface area contributed by atoms with Gasteiger partial charge in [-0.3, -0.25) is 19.2 Å². The van der Waals surface area contributed by atoms with Crippen LogP contribution in [0.1, 0.15) is 61.5 Å². The number of nitrogens with one attached hydrogen (secondary N) is 1. The number of hydrogen-bond acceptors (Lipinski definition) is 4. The van der Waals surface area contributed by atoms with Crippen LogP contribution in [0.15, 0.2) is 41.8 Å². The van der Waals surface area contributed by atoms with Gasteiger partial charge in [-0.2, -0.15) is 5.10 Å². The average Bonchev–Trinajstić information content (AvgIpc) is 3.42. The van der Waals surface area contributed by atoms with Crippen molar-refractivity contribution in [1.82, 2.24) is 15.1 Å². The lowest BCUT2D eigenvalue weighted by Crippen LogP contribution is -2.65. The number of thiophene rings is 1. The second-order valence-electron chi connectivity index (χ2n) is 9.51. The highest BCUT2D eigenvalue weighted by Crippen LogP contribution is 2.38. The Morgan fingerprint density at radius 1 is 1.18 bits per heavy atom. The normalized spacial score (nSPS) is 21.3. The fraction of sp³-hybridized carbons (Fsp3) is 0.423. The molecular weight excluding hydrogens is 468 g/mol. The number of rotatable bonds is 4. The first-order valence-electron chi connectivity index (χ1n) is 11.9. The largest absolute Gasteiger partial charge is 0.351 e. The summed E-state index contributed by atoms with van der Waals surface area (Å²) in [6, 6.07) is 11.4. The predicted octanol–water partition coefficient (Wildman–Crippen LogP) is 5.83. The molecule has 1 N–H and O–H groups in total. The van der Waals surface area contributed by atoms with E-state index in [0.717, 1.165) is 41.8 Å². The van der Waals surface area contributed by atoms with Crippen molar-refractivity contribution in [2.75, 3.05) is 4.90 Å². The zero-order chi connectivity index (χ0) is 23.9. The molecule has 1 aromatic carbocycles. The van der Waals surface area contributed by atoms with E-state index >= 15 is 0 Å². The van der Waals surface area contributed by atoms with Gasteiger partial charge in [0.25, 0.3) is 5.91 Å². The molecule has 1 fully saturated rings. The molecule has 2 amide bonds. The molecule has 0 bridgehead atoms. The van der Waals surface area contributed by atoms with Crippen LogP contribution in [0.3, 0.4) is 0 Å². The summed E-state index contributed by atoms with van der Waals surface area (Å²) in [6.07, 6.45) is 6.59. The molecule has 0 saturated heterocycles. The van der Waals surface area contributed by atoms with Gasteiger partial charge < -0.3 is 5.32 Å². The molecule has 0 spiro atoms. The van der Waals surface area contributed by atoms with Crippen molar-refractivity contribution in [3.8, 4) is 10.6 Å². The van der Waals surface area contributed by atoms with Gasteiger partial charge in [-0.05, 0) is 61.9 Å². The van der Waals surface area contributed by atoms with E-state index in [1.54, 1.807) is 27.0 Å². The van der Waals surface area contributed by atoms with Crippen molar-refractivity contribution in [1.29, 1.82) is 0 Å². The molecule has 1 aliphatic heterocycles. The zero-order valence-electron chi connectivity index (χ0n) is 19.5. The third-order valence-corrected chi connectivity index (χ3v) is 8.39. The van der Waals surface area contributed by atoms with Crippen LogP contribution in [-0.2, 0) is 11.3 Å². The minimum Gasteiger partial charge on any atom is -0.351 e. The minimum atomic E-state index is -1.15. The van der Waals surface area contributed by atoms with E-state index in [2.05, 4.69) is 5.32 Å². The predicted molar refractivity (Wildman–Crippen MR) is 137 cm³/mol. The van der Waals surface area contributed by atoms with Gasteiger partial charge in [0.2, 0.25) is 5.91 Å². The van der Waals surface area contributed by atoms with Crippen molar-refractivity contribution in [3.63, 3.8) is 0 Å². The van der Waals surface area contributed by atoms with Crippen LogP contribution >= 0.6 is 22.9 Å². The molecule has 1 atom stereocenters. The van der Waals surface area contributed by atoms with Crippen molar-refractivity contribution >= 4 is 40.4 Å². The Morgan fingerprint density at radius 2 is 1.94 bits per heavy atom. The Morgan fingerprint density at radius 3 is 2.65 bits per heavy atom. The van der Waals surface area contributed by atoms with Crippen LogP contribution in [0.25, 0.3) is 10.6 Å². The number of benzene rings is 1. The van der Waals surface area contributed by atoms with Gasteiger partial charge in [-0.15, -0.1) is 11.3 Å². The quantitative estimate of drug-likeness (QED) is 0.462. The number of anilines is 1. The number of fused-ring (bicyclic) bond motifs is 1. The summed E-state index contributed by atoms with van der Waals surface area (Å²) in [4.78, 5) is 30.5. The highest BCUT2D eigenvalue weighted by molar-refractivity contribution is 7.13. The third kappa shape index (κ3) is 4.05. The van der Waals surface area contributed by atoms with Gasteiger partial charge in [-0.1, -0.05) is 49.4 Å². The first-order valence-corrected chi connectivity index (χ1v) is 13.2. The van der Waals surface area contributed by atoms with Crippen LogP contribution in [0, 0.1) is 6.92 Å². The number of halogens is 1. The van der Waals surface area contributed by atoms with Crippen LogP contribution < -0.4 is 10.2 Å². The van der Waals surface area contributed by atoms with Crippen molar-refractivity contribution in [2.45, 2.75) is 70.5 Å². The van der Waals surface area contributed by atoms with Gasteiger partial charge >= 0.3 is 0 Å². The second-order valence-corrected chi connectivity index (χ2v) is 10.9. The van der Waals surface area contributed by atoms with E-state index in [4.69, 9.17) is 16.7 Å². The number of carbonyl (C=O) groups excluding carboxylic acids is 2. The second kappa shape index (κ2) is 9.19. The SMILES string of the molecule is Cc1c(Cl)cccc1N1C(=O)c2cc(-c3cccs3)nn2C[C@@]1(C)C(=O)NC1CCCCCC1. The lowest BCUT2D eigenvalue weighted by atomic mass is 9.92. The topological polar surface area (TPSA) is 67.2 Å². The van der Waals surface area contributed by atoms with Crippen LogP contribution in [0.5, 0.6) is 0 Å². The van der Waals surface area contributed by atoms with Gasteiger partial charge in [0.1, 0.15) is 16.9 Å². The van der Waals surface area contributed by atoms with Crippen LogP contribution in [0.2, 0.25) is 5.02 Å². The Balaban J connectivity index is 1.58. The minimum absolute atomic E-state index is 0.130. The maximum absolute atomic E-state index is 14.0. The Labute approximate surface area is 208 Å². The summed E-state index contributed by atoms with van der Waals surface area (Å²) >= 11 is 8.02. The number of nitrogens with zero attached hydrogens (tertiary/aromatic N) is 3. The van der Waals surface area contributed by atoms with Gasteiger partial charge in [0.05, 0.1) is 11.4 Å².